The number of imide groups is 1. The molecule has 1 fully saturated rings. The van der Waals surface area contributed by atoms with Crippen molar-refractivity contribution in [2.75, 3.05) is 19.6 Å². The van der Waals surface area contributed by atoms with Crippen LogP contribution in [0.5, 0.6) is 0 Å². The molecule has 0 bridgehead atoms. The Labute approximate surface area is 89.2 Å². The molecule has 0 radical (unpaired) electrons. The van der Waals surface area contributed by atoms with Crippen molar-refractivity contribution in [2.45, 2.75) is 0 Å². The summed E-state index contributed by atoms with van der Waals surface area (Å²) in [5, 5.41) is 0. The van der Waals surface area contributed by atoms with Gasteiger partial charge in [0.05, 0.1) is 6.54 Å². The van der Waals surface area contributed by atoms with Crippen LogP contribution in [0.2, 0.25) is 0 Å². The molecule has 0 saturated carbocycles. The quantitative estimate of drug-likeness (QED) is 0.512. The maximum atomic E-state index is 11.8. The van der Waals surface area contributed by atoms with Gasteiger partial charge in [0.1, 0.15) is 0 Å². The Morgan fingerprint density at radius 3 is 2.33 bits per heavy atom. The summed E-state index contributed by atoms with van der Waals surface area (Å²) >= 11 is 0. The zero-order chi connectivity index (χ0) is 11.4. The lowest BCUT2D eigenvalue weighted by Crippen LogP contribution is -2.53. The summed E-state index contributed by atoms with van der Waals surface area (Å²) in [6.45, 7) is 11.6. The summed E-state index contributed by atoms with van der Waals surface area (Å²) in [7, 11) is 0. The number of rotatable bonds is 4. The van der Waals surface area contributed by atoms with E-state index >= 15 is 0 Å². The Morgan fingerprint density at radius 1 is 1.20 bits per heavy atom. The third-order valence-corrected chi connectivity index (χ3v) is 2.09. The van der Waals surface area contributed by atoms with Crippen LogP contribution in [-0.4, -0.2) is 41.4 Å². The Kier molecular flexibility index (Phi) is 3.44. The second-order valence-electron chi connectivity index (χ2n) is 3.26. The normalized spacial score (nSPS) is 16.9. The van der Waals surface area contributed by atoms with Crippen LogP contribution in [0.4, 0.5) is 4.79 Å². The zero-order valence-electron chi connectivity index (χ0n) is 8.61. The molecule has 0 spiro atoms. The maximum Gasteiger partial charge on any atom is 0.327 e. The van der Waals surface area contributed by atoms with E-state index in [-0.39, 0.29) is 25.0 Å². The lowest BCUT2D eigenvalue weighted by molar-refractivity contribution is -0.125. The van der Waals surface area contributed by atoms with Crippen molar-refractivity contribution in [1.29, 1.82) is 0 Å². The van der Waals surface area contributed by atoms with E-state index in [1.165, 1.54) is 11.0 Å². The highest BCUT2D eigenvalue weighted by atomic mass is 16.2. The van der Waals surface area contributed by atoms with Crippen LogP contribution in [0.15, 0.2) is 37.5 Å². The molecule has 3 amide bonds. The Morgan fingerprint density at radius 2 is 1.80 bits per heavy atom. The minimum atomic E-state index is -0.319. The molecule has 0 aliphatic carbocycles. The first-order valence-electron chi connectivity index (χ1n) is 4.62. The molecule has 1 aliphatic heterocycles. The second-order valence-corrected chi connectivity index (χ2v) is 3.26. The second kappa shape index (κ2) is 4.59. The van der Waals surface area contributed by atoms with Gasteiger partial charge in [-0.1, -0.05) is 18.7 Å². The van der Waals surface area contributed by atoms with Gasteiger partial charge in [0.25, 0.3) is 5.91 Å². The van der Waals surface area contributed by atoms with Gasteiger partial charge in [-0.2, -0.15) is 0 Å². The third-order valence-electron chi connectivity index (χ3n) is 2.09. The first-order chi connectivity index (χ1) is 7.11. The molecule has 4 nitrogen and oxygen atoms in total. The Bertz CT molecular complexity index is 333. The molecule has 0 atom stereocenters. The number of urea groups is 1. The lowest BCUT2D eigenvalue weighted by Gasteiger charge is -2.33. The molecule has 1 saturated heterocycles. The average molecular weight is 206 g/mol. The van der Waals surface area contributed by atoms with Gasteiger partial charge in [-0.3, -0.25) is 9.69 Å². The van der Waals surface area contributed by atoms with Crippen LogP contribution in [0.3, 0.4) is 0 Å². The minimum absolute atomic E-state index is 0.213. The fraction of sp³-hybridized carbons (Fsp3) is 0.273. The summed E-state index contributed by atoms with van der Waals surface area (Å²) < 4.78 is 0. The summed E-state index contributed by atoms with van der Waals surface area (Å²) in [6, 6.07) is -0.313. The third kappa shape index (κ3) is 2.15. The minimum Gasteiger partial charge on any atom is -0.316 e. The topological polar surface area (TPSA) is 40.6 Å². The van der Waals surface area contributed by atoms with E-state index in [0.717, 1.165) is 4.90 Å². The van der Waals surface area contributed by atoms with Gasteiger partial charge in [-0.05, 0) is 0 Å². The standard InChI is InChI=1S/C11H14N2O2/c1-4-6-12-8-9(3)10(14)13(7-5-2)11(12)15/h4-5H,1-3,6-8H2. The number of hydrogen-bond donors (Lipinski definition) is 0. The highest BCUT2D eigenvalue weighted by Crippen LogP contribution is 2.13. The maximum absolute atomic E-state index is 11.8. The van der Waals surface area contributed by atoms with E-state index in [0.29, 0.717) is 12.1 Å². The molecule has 0 N–H and O–H groups in total. The van der Waals surface area contributed by atoms with E-state index in [1.807, 2.05) is 0 Å². The van der Waals surface area contributed by atoms with E-state index in [9.17, 15) is 9.59 Å². The van der Waals surface area contributed by atoms with Crippen LogP contribution in [-0.2, 0) is 4.79 Å². The first kappa shape index (κ1) is 11.2. The van der Waals surface area contributed by atoms with Gasteiger partial charge in [0.2, 0.25) is 0 Å². The molecule has 15 heavy (non-hydrogen) atoms. The van der Waals surface area contributed by atoms with Crippen molar-refractivity contribution in [3.63, 3.8) is 0 Å². The van der Waals surface area contributed by atoms with Crippen LogP contribution < -0.4 is 0 Å². The summed E-state index contributed by atoms with van der Waals surface area (Å²) in [4.78, 5) is 26.0. The molecule has 0 aromatic carbocycles. The SMILES string of the molecule is C=CCN1CC(=C)C(=O)N(CC=C)C1=O. The van der Waals surface area contributed by atoms with E-state index in [2.05, 4.69) is 19.7 Å². The Hall–Kier alpha value is -1.84. The van der Waals surface area contributed by atoms with E-state index in [1.54, 1.807) is 6.08 Å². The van der Waals surface area contributed by atoms with Crippen molar-refractivity contribution in [3.05, 3.63) is 37.5 Å². The van der Waals surface area contributed by atoms with Gasteiger partial charge in [-0.15, -0.1) is 13.2 Å². The molecule has 1 heterocycles. The first-order valence-corrected chi connectivity index (χ1v) is 4.62. The highest BCUT2D eigenvalue weighted by molar-refractivity contribution is 6.06. The van der Waals surface area contributed by atoms with Crippen LogP contribution in [0, 0.1) is 0 Å². The van der Waals surface area contributed by atoms with Crippen LogP contribution in [0.25, 0.3) is 0 Å². The van der Waals surface area contributed by atoms with Gasteiger partial charge in [0.15, 0.2) is 0 Å². The Balaban J connectivity index is 2.88. The molecule has 1 aliphatic rings. The summed E-state index contributed by atoms with van der Waals surface area (Å²) in [5.74, 6) is -0.319. The van der Waals surface area contributed by atoms with Gasteiger partial charge >= 0.3 is 6.03 Å². The van der Waals surface area contributed by atoms with Gasteiger partial charge in [-0.25, -0.2) is 4.79 Å². The van der Waals surface area contributed by atoms with E-state index in [4.69, 9.17) is 0 Å². The largest absolute Gasteiger partial charge is 0.327 e. The highest BCUT2D eigenvalue weighted by Gasteiger charge is 2.32. The predicted octanol–water partition coefficient (Wildman–Crippen LogP) is 1.18. The average Bonchev–Trinajstić information content (AvgIpc) is 2.21. The summed E-state index contributed by atoms with van der Waals surface area (Å²) in [6.07, 6.45) is 3.13. The summed E-state index contributed by atoms with van der Waals surface area (Å²) in [5.41, 5.74) is 0.415. The van der Waals surface area contributed by atoms with Gasteiger partial charge in [0, 0.05) is 18.7 Å². The fourth-order valence-electron chi connectivity index (χ4n) is 1.40. The lowest BCUT2D eigenvalue weighted by atomic mass is 10.2. The van der Waals surface area contributed by atoms with E-state index < -0.39 is 0 Å². The monoisotopic (exact) mass is 206 g/mol. The van der Waals surface area contributed by atoms with Crippen LogP contribution >= 0.6 is 0 Å². The van der Waals surface area contributed by atoms with Crippen molar-refractivity contribution in [3.8, 4) is 0 Å². The van der Waals surface area contributed by atoms with Crippen molar-refractivity contribution >= 4 is 11.9 Å². The molecule has 1 rings (SSSR count). The molecule has 0 aromatic heterocycles. The molecule has 80 valence electrons. The number of amides is 3. The number of hydrogen-bond acceptors (Lipinski definition) is 2. The molecule has 0 aromatic rings. The van der Waals surface area contributed by atoms with Crippen LogP contribution in [0.1, 0.15) is 0 Å². The van der Waals surface area contributed by atoms with Crippen molar-refractivity contribution < 1.29 is 9.59 Å². The molecule has 0 unspecified atom stereocenters. The van der Waals surface area contributed by atoms with Crippen molar-refractivity contribution in [1.82, 2.24) is 9.80 Å². The molecular weight excluding hydrogens is 192 g/mol. The predicted molar refractivity (Wildman–Crippen MR) is 58.2 cm³/mol. The smallest absolute Gasteiger partial charge is 0.316 e. The zero-order valence-corrected chi connectivity index (χ0v) is 8.61. The number of carbonyl (C=O) groups excluding carboxylic acids is 2. The fourth-order valence-corrected chi connectivity index (χ4v) is 1.40. The van der Waals surface area contributed by atoms with Crippen molar-refractivity contribution in [2.24, 2.45) is 0 Å². The molecular formula is C11H14N2O2. The van der Waals surface area contributed by atoms with Gasteiger partial charge < -0.3 is 4.90 Å². The molecule has 4 heteroatoms. The number of carbonyl (C=O) groups is 2. The number of nitrogens with zero attached hydrogens (tertiary/aromatic N) is 2.